The standard InChI is InChI=1S/C5H13IN/c1-6-4-3-5-7-2/h7H,3-5H2,1-2H3/q-1. The maximum absolute atomic E-state index is 3.12. The van der Waals surface area contributed by atoms with Crippen molar-refractivity contribution >= 4 is 0 Å². The molecule has 7 heavy (non-hydrogen) atoms. The maximum atomic E-state index is 3.12. The van der Waals surface area contributed by atoms with Gasteiger partial charge in [0.2, 0.25) is 0 Å². The minimum atomic E-state index is 0.555. The molecule has 0 aromatic heterocycles. The van der Waals surface area contributed by atoms with Crippen LogP contribution in [0.1, 0.15) is 6.42 Å². The van der Waals surface area contributed by atoms with Crippen LogP contribution in [0.4, 0.5) is 0 Å². The van der Waals surface area contributed by atoms with Crippen LogP contribution in [0.2, 0.25) is 0 Å². The molecule has 0 saturated heterocycles. The van der Waals surface area contributed by atoms with Gasteiger partial charge in [-0.1, -0.05) is 0 Å². The molecule has 0 radical (unpaired) electrons. The molecule has 0 saturated carbocycles. The van der Waals surface area contributed by atoms with Crippen molar-refractivity contribution in [1.82, 2.24) is 5.32 Å². The van der Waals surface area contributed by atoms with Crippen LogP contribution in [0.25, 0.3) is 0 Å². The predicted molar refractivity (Wildman–Crippen MR) is 29.3 cm³/mol. The van der Waals surface area contributed by atoms with Crippen molar-refractivity contribution in [3.63, 3.8) is 0 Å². The van der Waals surface area contributed by atoms with Crippen molar-refractivity contribution in [3.05, 3.63) is 0 Å². The number of alkyl halides is 2. The van der Waals surface area contributed by atoms with Gasteiger partial charge < -0.3 is 0 Å². The first-order valence-electron chi connectivity index (χ1n) is 2.50. The number of hydrogen-bond donors (Lipinski definition) is 1. The molecule has 0 spiro atoms. The topological polar surface area (TPSA) is 12.0 Å². The van der Waals surface area contributed by atoms with E-state index < -0.39 is 0 Å². The van der Waals surface area contributed by atoms with E-state index in [0.717, 1.165) is 0 Å². The molecule has 0 unspecified atom stereocenters. The average Bonchev–Trinajstić information content (AvgIpc) is 1.69. The summed E-state index contributed by atoms with van der Waals surface area (Å²) < 4.78 is 1.47. The van der Waals surface area contributed by atoms with Crippen molar-refractivity contribution in [2.24, 2.45) is 0 Å². The van der Waals surface area contributed by atoms with E-state index in [-0.39, 0.29) is 0 Å². The summed E-state index contributed by atoms with van der Waals surface area (Å²) in [5, 5.41) is 3.12. The molecular formula is C5H13IN-. The molecule has 0 rings (SSSR count). The molecular weight excluding hydrogens is 201 g/mol. The first kappa shape index (κ1) is 7.69. The van der Waals surface area contributed by atoms with Crippen LogP contribution in [0.3, 0.4) is 0 Å². The fourth-order valence-electron chi connectivity index (χ4n) is 0.377. The summed E-state index contributed by atoms with van der Waals surface area (Å²) >= 11 is 0.555. The van der Waals surface area contributed by atoms with Crippen molar-refractivity contribution in [2.75, 3.05) is 23.0 Å². The molecule has 0 aromatic rings. The first-order valence-corrected chi connectivity index (χ1v) is 6.18. The Morgan fingerprint density at radius 3 is 2.71 bits per heavy atom. The quantitative estimate of drug-likeness (QED) is 0.305. The van der Waals surface area contributed by atoms with Crippen LogP contribution in [-0.4, -0.2) is 23.0 Å². The zero-order valence-corrected chi connectivity index (χ0v) is 7.16. The van der Waals surface area contributed by atoms with Crippen LogP contribution < -0.4 is 26.5 Å². The van der Waals surface area contributed by atoms with Crippen molar-refractivity contribution < 1.29 is 21.2 Å². The summed E-state index contributed by atoms with van der Waals surface area (Å²) in [5.41, 5.74) is 0. The number of hydrogen-bond acceptors (Lipinski definition) is 1. The van der Waals surface area contributed by atoms with Gasteiger partial charge in [0.05, 0.1) is 0 Å². The van der Waals surface area contributed by atoms with Gasteiger partial charge in [0.1, 0.15) is 0 Å². The Hall–Kier alpha value is 0.690. The average molecular weight is 214 g/mol. The fourth-order valence-corrected chi connectivity index (χ4v) is 1.52. The first-order chi connectivity index (χ1) is 3.41. The van der Waals surface area contributed by atoms with Crippen LogP contribution in [0.15, 0.2) is 0 Å². The van der Waals surface area contributed by atoms with Gasteiger partial charge in [0.15, 0.2) is 0 Å². The molecule has 0 aliphatic carbocycles. The van der Waals surface area contributed by atoms with E-state index in [4.69, 9.17) is 0 Å². The van der Waals surface area contributed by atoms with Crippen molar-refractivity contribution in [3.8, 4) is 0 Å². The van der Waals surface area contributed by atoms with E-state index in [1.165, 1.54) is 17.4 Å². The van der Waals surface area contributed by atoms with Crippen LogP contribution in [0.5, 0.6) is 0 Å². The molecule has 1 nitrogen and oxygen atoms in total. The van der Waals surface area contributed by atoms with E-state index >= 15 is 0 Å². The van der Waals surface area contributed by atoms with E-state index in [9.17, 15) is 0 Å². The molecule has 46 valence electrons. The molecule has 1 N–H and O–H groups in total. The second-order valence-electron chi connectivity index (χ2n) is 1.41. The monoisotopic (exact) mass is 214 g/mol. The van der Waals surface area contributed by atoms with Gasteiger partial charge in [-0.05, 0) is 0 Å². The zero-order valence-electron chi connectivity index (χ0n) is 5.00. The SMILES string of the molecule is CNCCC[I-]C. The van der Waals surface area contributed by atoms with E-state index in [0.29, 0.717) is 21.2 Å². The minimum absolute atomic E-state index is 0.555. The summed E-state index contributed by atoms with van der Waals surface area (Å²) in [7, 11) is 2.01. The summed E-state index contributed by atoms with van der Waals surface area (Å²) in [6.45, 7) is 1.20. The molecule has 0 aliphatic rings. The molecule has 0 fully saturated rings. The third-order valence-corrected chi connectivity index (χ3v) is 2.59. The van der Waals surface area contributed by atoms with Crippen LogP contribution in [-0.2, 0) is 0 Å². The normalized spacial score (nSPS) is 10.0. The Morgan fingerprint density at radius 2 is 2.29 bits per heavy atom. The van der Waals surface area contributed by atoms with E-state index in [1.54, 1.807) is 0 Å². The molecule has 0 amide bonds. The Labute approximate surface area is 56.1 Å². The third kappa shape index (κ3) is 6.69. The van der Waals surface area contributed by atoms with Gasteiger partial charge >= 0.3 is 55.9 Å². The van der Waals surface area contributed by atoms with Crippen molar-refractivity contribution in [1.29, 1.82) is 0 Å². The van der Waals surface area contributed by atoms with Gasteiger partial charge in [-0.25, -0.2) is 0 Å². The van der Waals surface area contributed by atoms with E-state index in [1.807, 2.05) is 7.05 Å². The fraction of sp³-hybridized carbons (Fsp3) is 1.00. The van der Waals surface area contributed by atoms with Crippen LogP contribution in [0, 0.1) is 0 Å². The van der Waals surface area contributed by atoms with Gasteiger partial charge in [0, 0.05) is 0 Å². The van der Waals surface area contributed by atoms with Gasteiger partial charge in [-0.2, -0.15) is 0 Å². The second kappa shape index (κ2) is 6.69. The Bertz CT molecular complexity index is 27.3. The third-order valence-electron chi connectivity index (χ3n) is 0.749. The predicted octanol–water partition coefficient (Wildman–Crippen LogP) is -2.69. The Morgan fingerprint density at radius 1 is 1.57 bits per heavy atom. The van der Waals surface area contributed by atoms with Gasteiger partial charge in [-0.15, -0.1) is 0 Å². The molecule has 0 heterocycles. The summed E-state index contributed by atoms with van der Waals surface area (Å²) in [6.07, 6.45) is 1.38. The zero-order chi connectivity index (χ0) is 5.54. The van der Waals surface area contributed by atoms with Crippen molar-refractivity contribution in [2.45, 2.75) is 6.42 Å². The Balaban J connectivity index is 2.45. The van der Waals surface area contributed by atoms with Crippen LogP contribution >= 0.6 is 0 Å². The number of halogens is 1. The van der Waals surface area contributed by atoms with Gasteiger partial charge in [0.25, 0.3) is 0 Å². The number of rotatable bonds is 4. The molecule has 0 aromatic carbocycles. The van der Waals surface area contributed by atoms with E-state index in [2.05, 4.69) is 10.2 Å². The molecule has 0 bridgehead atoms. The Kier molecular flexibility index (Phi) is 7.35. The molecule has 2 heteroatoms. The number of nitrogens with one attached hydrogen (secondary N) is 1. The summed E-state index contributed by atoms with van der Waals surface area (Å²) in [4.78, 5) is 2.33. The second-order valence-corrected chi connectivity index (χ2v) is 4.02. The summed E-state index contributed by atoms with van der Waals surface area (Å²) in [6, 6.07) is 0. The summed E-state index contributed by atoms with van der Waals surface area (Å²) in [5.74, 6) is 0. The molecule has 0 atom stereocenters. The van der Waals surface area contributed by atoms with Gasteiger partial charge in [-0.3, -0.25) is 0 Å². The molecule has 0 aliphatic heterocycles.